The minimum absolute atomic E-state index is 0.132. The van der Waals surface area contributed by atoms with Gasteiger partial charge in [0.1, 0.15) is 0 Å². The lowest BCUT2D eigenvalue weighted by atomic mass is 10.0. The van der Waals surface area contributed by atoms with Crippen LogP contribution in [0.15, 0.2) is 28.0 Å². The average molecular weight is 397 g/mol. The van der Waals surface area contributed by atoms with Gasteiger partial charge in [0.25, 0.3) is 10.0 Å². The molecule has 0 atom stereocenters. The van der Waals surface area contributed by atoms with Crippen LogP contribution in [-0.4, -0.2) is 16.8 Å². The van der Waals surface area contributed by atoms with E-state index in [1.165, 1.54) is 12.1 Å². The van der Waals surface area contributed by atoms with Crippen molar-refractivity contribution in [2.45, 2.75) is 51.3 Å². The Hall–Kier alpha value is -1.90. The van der Waals surface area contributed by atoms with E-state index in [-0.39, 0.29) is 15.5 Å². The molecule has 0 saturated carbocycles. The van der Waals surface area contributed by atoms with Gasteiger partial charge in [-0.2, -0.15) is 0 Å². The summed E-state index contributed by atoms with van der Waals surface area (Å²) in [5.41, 5.74) is 4.55. The van der Waals surface area contributed by atoms with Crippen molar-refractivity contribution in [1.29, 1.82) is 0 Å². The highest BCUT2D eigenvalue weighted by atomic mass is 32.2. The van der Waals surface area contributed by atoms with Gasteiger partial charge in [-0.1, -0.05) is 6.07 Å². The summed E-state index contributed by atoms with van der Waals surface area (Å²) in [4.78, 5) is 0.0835. The Bertz CT molecular complexity index is 1080. The molecule has 6 nitrogen and oxygen atoms in total. The summed E-state index contributed by atoms with van der Waals surface area (Å²) in [5, 5.41) is 5.20. The normalized spacial score (nSPS) is 12.3. The highest BCUT2D eigenvalue weighted by Crippen LogP contribution is 2.30. The van der Waals surface area contributed by atoms with Crippen molar-refractivity contribution in [3.8, 4) is 0 Å². The average Bonchev–Trinajstić information content (AvgIpc) is 2.48. The molecule has 26 heavy (non-hydrogen) atoms. The van der Waals surface area contributed by atoms with Crippen molar-refractivity contribution in [3.63, 3.8) is 0 Å². The SMILES string of the molecule is Cc1cc(S(N)(=O)=O)cc(NS(=O)(=O)c2c(C)c(C)cc(C)c2C)c1C. The van der Waals surface area contributed by atoms with Gasteiger partial charge in [-0.15, -0.1) is 0 Å². The zero-order valence-electron chi connectivity index (χ0n) is 15.8. The van der Waals surface area contributed by atoms with Crippen molar-refractivity contribution >= 4 is 25.7 Å². The molecule has 3 N–H and O–H groups in total. The molecule has 0 bridgehead atoms. The molecule has 0 aliphatic rings. The lowest BCUT2D eigenvalue weighted by Crippen LogP contribution is -2.19. The van der Waals surface area contributed by atoms with Crippen LogP contribution >= 0.6 is 0 Å². The molecule has 0 fully saturated rings. The van der Waals surface area contributed by atoms with Crippen molar-refractivity contribution in [2.24, 2.45) is 5.14 Å². The van der Waals surface area contributed by atoms with E-state index >= 15 is 0 Å². The molecule has 0 aromatic heterocycles. The predicted molar refractivity (Wildman–Crippen MR) is 103 cm³/mol. The van der Waals surface area contributed by atoms with Crippen LogP contribution in [-0.2, 0) is 20.0 Å². The molecule has 0 unspecified atom stereocenters. The van der Waals surface area contributed by atoms with E-state index in [0.717, 1.165) is 11.1 Å². The second kappa shape index (κ2) is 6.68. The highest BCUT2D eigenvalue weighted by Gasteiger charge is 2.24. The summed E-state index contributed by atoms with van der Waals surface area (Å²) in [6.07, 6.45) is 0. The molecule has 2 aromatic carbocycles. The number of hydrogen-bond acceptors (Lipinski definition) is 4. The molecule has 0 aliphatic heterocycles. The van der Waals surface area contributed by atoms with Gasteiger partial charge in [0.05, 0.1) is 15.5 Å². The molecule has 0 aliphatic carbocycles. The van der Waals surface area contributed by atoms with E-state index in [1.54, 1.807) is 27.7 Å². The van der Waals surface area contributed by atoms with E-state index in [4.69, 9.17) is 5.14 Å². The standard InChI is InChI=1S/C18H24N2O4S2/c1-10-7-11(2)15(6)18(14(10)5)26(23,24)20-17-9-16(25(19,21)22)8-12(3)13(17)4/h7-9,20H,1-6H3,(H2,19,21,22). The fraction of sp³-hybridized carbons (Fsp3) is 0.333. The van der Waals surface area contributed by atoms with Crippen LogP contribution in [0.5, 0.6) is 0 Å². The second-order valence-corrected chi connectivity index (χ2v) is 9.83. The number of benzene rings is 2. The summed E-state index contributed by atoms with van der Waals surface area (Å²) in [6, 6.07) is 4.62. The molecule has 142 valence electrons. The Labute approximate surface area is 155 Å². The zero-order valence-corrected chi connectivity index (χ0v) is 17.4. The molecular weight excluding hydrogens is 372 g/mol. The number of nitrogens with two attached hydrogens (primary N) is 1. The number of primary sulfonamides is 1. The first kappa shape index (κ1) is 20.4. The Morgan fingerprint density at radius 2 is 1.19 bits per heavy atom. The Balaban J connectivity index is 2.68. The van der Waals surface area contributed by atoms with E-state index in [2.05, 4.69) is 4.72 Å². The van der Waals surface area contributed by atoms with Gasteiger partial charge >= 0.3 is 0 Å². The molecule has 0 saturated heterocycles. The number of aryl methyl sites for hydroxylation is 3. The fourth-order valence-corrected chi connectivity index (χ4v) is 5.23. The number of sulfonamides is 2. The first-order chi connectivity index (χ1) is 11.8. The first-order valence-corrected chi connectivity index (χ1v) is 11.0. The minimum atomic E-state index is -3.95. The quantitative estimate of drug-likeness (QED) is 0.828. The van der Waals surface area contributed by atoms with Crippen LogP contribution in [0.2, 0.25) is 0 Å². The van der Waals surface area contributed by atoms with E-state index in [0.29, 0.717) is 22.3 Å². The van der Waals surface area contributed by atoms with Gasteiger partial charge in [0, 0.05) is 0 Å². The van der Waals surface area contributed by atoms with Crippen LogP contribution < -0.4 is 9.86 Å². The van der Waals surface area contributed by atoms with Crippen molar-refractivity contribution < 1.29 is 16.8 Å². The maximum Gasteiger partial charge on any atom is 0.262 e. The van der Waals surface area contributed by atoms with Gasteiger partial charge < -0.3 is 0 Å². The van der Waals surface area contributed by atoms with Crippen LogP contribution in [0.3, 0.4) is 0 Å². The topological polar surface area (TPSA) is 106 Å². The third-order valence-corrected chi connectivity index (χ3v) is 7.31. The molecule has 0 amide bonds. The summed E-state index contributed by atoms with van der Waals surface area (Å²) in [5.74, 6) is 0. The van der Waals surface area contributed by atoms with Gasteiger partial charge in [0.2, 0.25) is 10.0 Å². The third-order valence-electron chi connectivity index (χ3n) is 4.78. The summed E-state index contributed by atoms with van der Waals surface area (Å²) in [7, 11) is -7.86. The lowest BCUT2D eigenvalue weighted by molar-refractivity contribution is 0.596. The zero-order chi connectivity index (χ0) is 20.0. The molecule has 2 rings (SSSR count). The van der Waals surface area contributed by atoms with Crippen molar-refractivity contribution in [3.05, 3.63) is 51.6 Å². The predicted octanol–water partition coefficient (Wildman–Crippen LogP) is 2.99. The van der Waals surface area contributed by atoms with E-state index in [9.17, 15) is 16.8 Å². The first-order valence-electron chi connectivity index (χ1n) is 8.00. The number of anilines is 1. The molecular formula is C18H24N2O4S2. The number of hydrogen-bond donors (Lipinski definition) is 2. The Kier molecular flexibility index (Phi) is 5.24. The Morgan fingerprint density at radius 1 is 0.731 bits per heavy atom. The van der Waals surface area contributed by atoms with Gasteiger partial charge in [0.15, 0.2) is 0 Å². The highest BCUT2D eigenvalue weighted by molar-refractivity contribution is 7.92. The largest absolute Gasteiger partial charge is 0.279 e. The monoisotopic (exact) mass is 396 g/mol. The van der Waals surface area contributed by atoms with E-state index in [1.807, 2.05) is 19.9 Å². The summed E-state index contributed by atoms with van der Waals surface area (Å²) < 4.78 is 52.1. The van der Waals surface area contributed by atoms with Crippen molar-refractivity contribution in [2.75, 3.05) is 4.72 Å². The van der Waals surface area contributed by atoms with Crippen LogP contribution in [0.1, 0.15) is 33.4 Å². The van der Waals surface area contributed by atoms with Crippen LogP contribution in [0, 0.1) is 41.5 Å². The second-order valence-electron chi connectivity index (χ2n) is 6.65. The van der Waals surface area contributed by atoms with Crippen molar-refractivity contribution in [1.82, 2.24) is 0 Å². The molecule has 0 spiro atoms. The maximum absolute atomic E-state index is 13.1. The molecule has 2 aromatic rings. The number of rotatable bonds is 4. The maximum atomic E-state index is 13.1. The molecule has 0 heterocycles. The molecule has 0 radical (unpaired) electrons. The smallest absolute Gasteiger partial charge is 0.262 e. The van der Waals surface area contributed by atoms with Crippen LogP contribution in [0.25, 0.3) is 0 Å². The fourth-order valence-electron chi connectivity index (χ4n) is 2.88. The minimum Gasteiger partial charge on any atom is -0.279 e. The van der Waals surface area contributed by atoms with Gasteiger partial charge in [-0.3, -0.25) is 4.72 Å². The van der Waals surface area contributed by atoms with Gasteiger partial charge in [-0.25, -0.2) is 22.0 Å². The summed E-state index contributed by atoms with van der Waals surface area (Å²) >= 11 is 0. The Morgan fingerprint density at radius 3 is 1.65 bits per heavy atom. The van der Waals surface area contributed by atoms with E-state index < -0.39 is 20.0 Å². The third kappa shape index (κ3) is 3.77. The lowest BCUT2D eigenvalue weighted by Gasteiger charge is -2.18. The summed E-state index contributed by atoms with van der Waals surface area (Å²) in [6.45, 7) is 10.7. The van der Waals surface area contributed by atoms with Crippen LogP contribution in [0.4, 0.5) is 5.69 Å². The van der Waals surface area contributed by atoms with Gasteiger partial charge in [-0.05, 0) is 87.1 Å². The molecule has 8 heteroatoms. The number of nitrogens with one attached hydrogen (secondary N) is 1.